The molecule has 1 aliphatic heterocycles. The van der Waals surface area contributed by atoms with E-state index in [1.54, 1.807) is 24.3 Å². The standard InChI is InChI=1S/C26H29F2N5O2S.2H2/c1-15-5-3-6-16(2)33(15)14-13-30-25(35)17-9-11-18(12-10-17)31-26-32-24(29)23(36-26)22(34)21-19(27)7-4-8-20(21)28;;/h4,7-12,15-16H,3,5-6,13-14,29H2,1-2H3,(H,30,35)(H,31,32);2*1H/t15-,16+;;. The first-order valence-corrected chi connectivity index (χ1v) is 12.7. The van der Waals surface area contributed by atoms with Crippen LogP contribution >= 0.6 is 11.3 Å². The fourth-order valence-electron chi connectivity index (χ4n) is 4.52. The van der Waals surface area contributed by atoms with Gasteiger partial charge in [0.2, 0.25) is 5.78 Å². The number of hydrogen-bond acceptors (Lipinski definition) is 7. The van der Waals surface area contributed by atoms with Crippen molar-refractivity contribution in [3.05, 3.63) is 70.1 Å². The smallest absolute Gasteiger partial charge is 0.251 e. The molecule has 4 rings (SSSR count). The molecule has 3 aromatic rings. The van der Waals surface area contributed by atoms with Crippen LogP contribution in [0.5, 0.6) is 0 Å². The lowest BCUT2D eigenvalue weighted by atomic mass is 9.98. The number of aromatic nitrogens is 1. The number of anilines is 3. The van der Waals surface area contributed by atoms with E-state index in [0.717, 1.165) is 30.0 Å². The van der Waals surface area contributed by atoms with Crippen LogP contribution in [0.3, 0.4) is 0 Å². The summed E-state index contributed by atoms with van der Waals surface area (Å²) in [5.74, 6) is -3.07. The SMILES string of the molecule is C[C@@H]1CCC[C@H](C)N1CCNC(=O)c1ccc(Nc2nc(N)c(C(=O)c3c(F)cccc3F)s2)cc1.[HH].[HH]. The third-order valence-electron chi connectivity index (χ3n) is 6.48. The fraction of sp³-hybridized carbons (Fsp3) is 0.346. The van der Waals surface area contributed by atoms with Crippen molar-refractivity contribution in [2.45, 2.75) is 45.2 Å². The molecule has 1 aliphatic rings. The van der Waals surface area contributed by atoms with E-state index in [1.807, 2.05) is 0 Å². The lowest BCUT2D eigenvalue weighted by molar-refractivity contribution is 0.0889. The molecule has 36 heavy (non-hydrogen) atoms. The normalized spacial score (nSPS) is 18.1. The van der Waals surface area contributed by atoms with Gasteiger partial charge in [-0.1, -0.05) is 23.8 Å². The van der Waals surface area contributed by atoms with Gasteiger partial charge in [-0.15, -0.1) is 0 Å². The molecule has 2 heterocycles. The number of rotatable bonds is 8. The van der Waals surface area contributed by atoms with Gasteiger partial charge in [0.15, 0.2) is 5.13 Å². The van der Waals surface area contributed by atoms with Crippen LogP contribution in [-0.2, 0) is 0 Å². The number of carbonyl (C=O) groups excluding carboxylic acids is 2. The zero-order valence-corrected chi connectivity index (χ0v) is 21.0. The molecule has 4 N–H and O–H groups in total. The summed E-state index contributed by atoms with van der Waals surface area (Å²) in [6, 6.07) is 11.0. The Kier molecular flexibility index (Phi) is 7.95. The Bertz CT molecular complexity index is 1230. The molecule has 0 saturated carbocycles. The monoisotopic (exact) mass is 517 g/mol. The van der Waals surface area contributed by atoms with Crippen molar-refractivity contribution < 1.29 is 21.2 Å². The van der Waals surface area contributed by atoms with Crippen molar-refractivity contribution in [3.63, 3.8) is 0 Å². The van der Waals surface area contributed by atoms with Crippen LogP contribution in [0.4, 0.5) is 25.4 Å². The van der Waals surface area contributed by atoms with Crippen molar-refractivity contribution in [3.8, 4) is 0 Å². The van der Waals surface area contributed by atoms with E-state index in [2.05, 4.69) is 34.4 Å². The summed E-state index contributed by atoms with van der Waals surface area (Å²) in [7, 11) is 0. The van der Waals surface area contributed by atoms with Crippen molar-refractivity contribution in [1.29, 1.82) is 0 Å². The highest BCUT2D eigenvalue weighted by Gasteiger charge is 2.25. The van der Waals surface area contributed by atoms with Gasteiger partial charge in [-0.05, 0) is 63.1 Å². The molecule has 10 heteroatoms. The zero-order valence-electron chi connectivity index (χ0n) is 20.2. The summed E-state index contributed by atoms with van der Waals surface area (Å²) < 4.78 is 28.0. The number of halogens is 2. The summed E-state index contributed by atoms with van der Waals surface area (Å²) in [6.07, 6.45) is 3.63. The number of likely N-dealkylation sites (tertiary alicyclic amines) is 1. The Morgan fingerprint density at radius 3 is 2.39 bits per heavy atom. The second-order valence-corrected chi connectivity index (χ2v) is 9.98. The van der Waals surface area contributed by atoms with Gasteiger partial charge >= 0.3 is 0 Å². The number of carbonyl (C=O) groups is 2. The van der Waals surface area contributed by atoms with E-state index < -0.39 is 23.0 Å². The second-order valence-electron chi connectivity index (χ2n) is 8.98. The summed E-state index contributed by atoms with van der Waals surface area (Å²) >= 11 is 0.896. The maximum absolute atomic E-state index is 14.0. The number of amides is 1. The minimum Gasteiger partial charge on any atom is -0.382 e. The number of ketones is 1. The maximum atomic E-state index is 14.0. The summed E-state index contributed by atoms with van der Waals surface area (Å²) in [5, 5.41) is 6.28. The van der Waals surface area contributed by atoms with Crippen LogP contribution in [-0.4, -0.2) is 46.7 Å². The highest BCUT2D eigenvalue weighted by atomic mass is 32.1. The van der Waals surface area contributed by atoms with Crippen LogP contribution < -0.4 is 16.4 Å². The summed E-state index contributed by atoms with van der Waals surface area (Å²) in [5.41, 5.74) is 6.32. The molecular weight excluding hydrogens is 484 g/mol. The molecule has 2 aromatic carbocycles. The first-order valence-electron chi connectivity index (χ1n) is 11.9. The first kappa shape index (κ1) is 25.7. The Morgan fingerprint density at radius 1 is 1.11 bits per heavy atom. The highest BCUT2D eigenvalue weighted by Crippen LogP contribution is 2.31. The molecule has 0 bridgehead atoms. The van der Waals surface area contributed by atoms with Gasteiger partial charge in [0, 0.05) is 39.3 Å². The predicted octanol–water partition coefficient (Wildman–Crippen LogP) is 5.46. The minimum absolute atomic E-state index is 0. The van der Waals surface area contributed by atoms with Crippen molar-refractivity contribution in [2.75, 3.05) is 24.1 Å². The lowest BCUT2D eigenvalue weighted by Crippen LogP contribution is -2.47. The Hall–Kier alpha value is -3.37. The van der Waals surface area contributed by atoms with Crippen LogP contribution in [0, 0.1) is 11.6 Å². The first-order chi connectivity index (χ1) is 17.2. The molecule has 1 fully saturated rings. The highest BCUT2D eigenvalue weighted by molar-refractivity contribution is 7.18. The zero-order chi connectivity index (χ0) is 25.8. The van der Waals surface area contributed by atoms with Crippen LogP contribution in [0.2, 0.25) is 0 Å². The minimum atomic E-state index is -0.962. The third kappa shape index (κ3) is 5.71. The number of nitrogens with zero attached hydrogens (tertiary/aromatic N) is 2. The average Bonchev–Trinajstić information content (AvgIpc) is 3.21. The van der Waals surface area contributed by atoms with E-state index in [4.69, 9.17) is 5.73 Å². The van der Waals surface area contributed by atoms with Gasteiger partial charge < -0.3 is 16.4 Å². The molecule has 194 valence electrons. The number of nitrogens with one attached hydrogen (secondary N) is 2. The average molecular weight is 518 g/mol. The molecule has 0 aliphatic carbocycles. The maximum Gasteiger partial charge on any atom is 0.251 e. The summed E-state index contributed by atoms with van der Waals surface area (Å²) in [4.78, 5) is 31.7. The van der Waals surface area contributed by atoms with Gasteiger partial charge in [-0.3, -0.25) is 14.5 Å². The van der Waals surface area contributed by atoms with Crippen molar-refractivity contribution in [2.24, 2.45) is 0 Å². The molecule has 0 unspecified atom stereocenters. The quantitative estimate of drug-likeness (QED) is 0.343. The lowest BCUT2D eigenvalue weighted by Gasteiger charge is -2.39. The van der Waals surface area contributed by atoms with Gasteiger partial charge in [0.1, 0.15) is 22.3 Å². The molecule has 0 radical (unpaired) electrons. The van der Waals surface area contributed by atoms with E-state index in [0.29, 0.717) is 29.9 Å². The van der Waals surface area contributed by atoms with E-state index in [-0.39, 0.29) is 24.6 Å². The molecule has 7 nitrogen and oxygen atoms in total. The number of piperidine rings is 1. The number of hydrogen-bond donors (Lipinski definition) is 3. The molecule has 0 spiro atoms. The van der Waals surface area contributed by atoms with Gasteiger partial charge in [0.05, 0.1) is 5.56 Å². The number of nitrogen functional groups attached to an aromatic ring is 1. The fourth-order valence-corrected chi connectivity index (χ4v) is 5.37. The van der Waals surface area contributed by atoms with Crippen molar-refractivity contribution >= 4 is 39.7 Å². The van der Waals surface area contributed by atoms with Gasteiger partial charge in [-0.2, -0.15) is 0 Å². The van der Waals surface area contributed by atoms with Gasteiger partial charge in [-0.25, -0.2) is 13.8 Å². The van der Waals surface area contributed by atoms with Gasteiger partial charge in [0.25, 0.3) is 5.91 Å². The van der Waals surface area contributed by atoms with Crippen LogP contribution in [0.25, 0.3) is 0 Å². The largest absolute Gasteiger partial charge is 0.382 e. The molecule has 2 atom stereocenters. The Morgan fingerprint density at radius 2 is 1.75 bits per heavy atom. The van der Waals surface area contributed by atoms with E-state index in [1.165, 1.54) is 25.3 Å². The number of nitrogens with two attached hydrogens (primary N) is 1. The topological polar surface area (TPSA) is 100 Å². The third-order valence-corrected chi connectivity index (χ3v) is 7.46. The van der Waals surface area contributed by atoms with E-state index in [9.17, 15) is 18.4 Å². The predicted molar refractivity (Wildman–Crippen MR) is 142 cm³/mol. The Balaban J connectivity index is 0.00000253. The van der Waals surface area contributed by atoms with Crippen molar-refractivity contribution in [1.82, 2.24) is 15.2 Å². The Labute approximate surface area is 215 Å². The molecular formula is C26H33F2N5O2S. The molecule has 1 amide bonds. The molecule has 1 aromatic heterocycles. The van der Waals surface area contributed by atoms with Crippen LogP contribution in [0.15, 0.2) is 42.5 Å². The molecule has 1 saturated heterocycles. The van der Waals surface area contributed by atoms with Crippen LogP contribution in [0.1, 0.15) is 61.6 Å². The number of thiazole rings is 1. The van der Waals surface area contributed by atoms with E-state index >= 15 is 0 Å². The second kappa shape index (κ2) is 11.1. The number of benzene rings is 2. The summed E-state index contributed by atoms with van der Waals surface area (Å²) in [6.45, 7) is 5.86.